The van der Waals surface area contributed by atoms with E-state index in [4.69, 9.17) is 0 Å². The molecule has 0 amide bonds. The predicted molar refractivity (Wildman–Crippen MR) is 83.0 cm³/mol. The highest BCUT2D eigenvalue weighted by Gasteiger charge is 2.17. The van der Waals surface area contributed by atoms with E-state index in [2.05, 4.69) is 70.3 Å². The van der Waals surface area contributed by atoms with Crippen molar-refractivity contribution in [2.45, 2.75) is 13.0 Å². The first-order valence-electron chi connectivity index (χ1n) is 6.94. The maximum Gasteiger partial charge on any atom is 0.107 e. The van der Waals surface area contributed by atoms with Gasteiger partial charge in [-0.05, 0) is 31.7 Å². The Hall–Kier alpha value is -2.13. The summed E-state index contributed by atoms with van der Waals surface area (Å²) < 4.78 is 2.32. The molecule has 0 bridgehead atoms. The van der Waals surface area contributed by atoms with Crippen LogP contribution in [-0.2, 0) is 0 Å². The van der Waals surface area contributed by atoms with Crippen LogP contribution in [0.5, 0.6) is 0 Å². The number of nitrogens with one attached hydrogen (secondary N) is 1. The van der Waals surface area contributed by atoms with Gasteiger partial charge in [0.2, 0.25) is 0 Å². The van der Waals surface area contributed by atoms with Crippen molar-refractivity contribution in [2.75, 3.05) is 13.6 Å². The van der Waals surface area contributed by atoms with Gasteiger partial charge < -0.3 is 9.88 Å². The second-order valence-electron chi connectivity index (χ2n) is 5.00. The summed E-state index contributed by atoms with van der Waals surface area (Å²) in [6.45, 7) is 2.96. The Labute approximate surface area is 119 Å². The number of rotatable bonds is 4. The summed E-state index contributed by atoms with van der Waals surface area (Å²) in [5.74, 6) is 1.05. The first kappa shape index (κ1) is 12.9. The molecule has 0 radical (unpaired) electrons. The molecule has 1 heterocycles. The topological polar surface area (TPSA) is 29.9 Å². The van der Waals surface area contributed by atoms with E-state index >= 15 is 0 Å². The molecule has 1 N–H and O–H groups in total. The summed E-state index contributed by atoms with van der Waals surface area (Å²) >= 11 is 0. The quantitative estimate of drug-likeness (QED) is 0.785. The molecule has 3 nitrogen and oxygen atoms in total. The molecule has 0 fully saturated rings. The van der Waals surface area contributed by atoms with E-state index in [1.165, 1.54) is 11.1 Å². The molecule has 0 aliphatic carbocycles. The lowest BCUT2D eigenvalue weighted by Gasteiger charge is -2.21. The van der Waals surface area contributed by atoms with Gasteiger partial charge in [0.15, 0.2) is 0 Å². The molecule has 3 heteroatoms. The fourth-order valence-electron chi connectivity index (χ4n) is 2.79. The summed E-state index contributed by atoms with van der Waals surface area (Å²) in [5, 5.41) is 3.30. The molecular weight excluding hydrogens is 246 g/mol. The number of benzene rings is 2. The van der Waals surface area contributed by atoms with Crippen LogP contribution in [0.1, 0.15) is 17.4 Å². The number of nitrogens with zero attached hydrogens (tertiary/aromatic N) is 2. The van der Waals surface area contributed by atoms with Crippen LogP contribution < -0.4 is 5.32 Å². The highest BCUT2D eigenvalue weighted by molar-refractivity contribution is 5.76. The third kappa shape index (κ3) is 2.21. The van der Waals surface area contributed by atoms with Crippen molar-refractivity contribution in [1.82, 2.24) is 14.9 Å². The number of aromatic nitrogens is 2. The monoisotopic (exact) mass is 265 g/mol. The lowest BCUT2D eigenvalue weighted by Crippen LogP contribution is -2.24. The predicted octanol–water partition coefficient (Wildman–Crippen LogP) is 3.15. The number of likely N-dealkylation sites (N-methyl/N-ethyl adjacent to an activating group) is 1. The summed E-state index contributed by atoms with van der Waals surface area (Å²) in [7, 11) is 1.99. The summed E-state index contributed by atoms with van der Waals surface area (Å²) in [6.07, 6.45) is 0. The largest absolute Gasteiger partial charge is 0.319 e. The first-order chi connectivity index (χ1) is 9.81. The molecule has 2 aromatic carbocycles. The number of para-hydroxylation sites is 2. The highest BCUT2D eigenvalue weighted by Crippen LogP contribution is 2.25. The maximum absolute atomic E-state index is 4.68. The van der Waals surface area contributed by atoms with Crippen LogP contribution in [-0.4, -0.2) is 23.1 Å². The van der Waals surface area contributed by atoms with Gasteiger partial charge in [-0.25, -0.2) is 4.98 Å². The fraction of sp³-hybridized carbons (Fsp3) is 0.235. The zero-order valence-corrected chi connectivity index (χ0v) is 11.9. The van der Waals surface area contributed by atoms with Gasteiger partial charge in [0.25, 0.3) is 0 Å². The fourth-order valence-corrected chi connectivity index (χ4v) is 2.79. The molecule has 0 saturated heterocycles. The summed E-state index contributed by atoms with van der Waals surface area (Å²) in [4.78, 5) is 4.68. The van der Waals surface area contributed by atoms with E-state index in [-0.39, 0.29) is 6.04 Å². The molecule has 1 unspecified atom stereocenters. The van der Waals surface area contributed by atoms with E-state index in [9.17, 15) is 0 Å². The van der Waals surface area contributed by atoms with Crippen molar-refractivity contribution < 1.29 is 0 Å². The number of fused-ring (bicyclic) bond motifs is 1. The Bertz CT molecular complexity index is 701. The van der Waals surface area contributed by atoms with E-state index in [1.807, 2.05) is 13.1 Å². The van der Waals surface area contributed by atoms with Gasteiger partial charge in [-0.15, -0.1) is 0 Å². The standard InChI is InChI=1S/C17H19N3/c1-13-19-15-10-6-7-11-16(15)20(13)17(12-18-2)14-8-4-3-5-9-14/h3-11,17-18H,12H2,1-2H3. The number of hydrogen-bond donors (Lipinski definition) is 1. The van der Waals surface area contributed by atoms with Crippen molar-refractivity contribution in [1.29, 1.82) is 0 Å². The van der Waals surface area contributed by atoms with Crippen molar-refractivity contribution in [3.63, 3.8) is 0 Å². The zero-order chi connectivity index (χ0) is 13.9. The molecule has 102 valence electrons. The van der Waals surface area contributed by atoms with Crippen molar-refractivity contribution in [3.05, 3.63) is 66.0 Å². The van der Waals surface area contributed by atoms with Crippen LogP contribution in [0, 0.1) is 6.92 Å². The Morgan fingerprint density at radius 2 is 1.75 bits per heavy atom. The SMILES string of the molecule is CNCC(c1ccccc1)n1c(C)nc2ccccc21. The van der Waals surface area contributed by atoms with E-state index in [0.717, 1.165) is 17.9 Å². The Kier molecular flexibility index (Phi) is 3.52. The van der Waals surface area contributed by atoms with Gasteiger partial charge >= 0.3 is 0 Å². The number of hydrogen-bond acceptors (Lipinski definition) is 2. The van der Waals surface area contributed by atoms with Gasteiger partial charge in [-0.2, -0.15) is 0 Å². The van der Waals surface area contributed by atoms with Crippen LogP contribution in [0.4, 0.5) is 0 Å². The average molecular weight is 265 g/mol. The minimum absolute atomic E-state index is 0.258. The van der Waals surface area contributed by atoms with Crippen molar-refractivity contribution in [3.8, 4) is 0 Å². The highest BCUT2D eigenvalue weighted by atomic mass is 15.1. The van der Waals surface area contributed by atoms with Crippen LogP contribution in [0.15, 0.2) is 54.6 Å². The number of aryl methyl sites for hydroxylation is 1. The smallest absolute Gasteiger partial charge is 0.107 e. The van der Waals surface area contributed by atoms with Crippen LogP contribution in [0.2, 0.25) is 0 Å². The Morgan fingerprint density at radius 3 is 2.50 bits per heavy atom. The molecule has 0 aliphatic rings. The van der Waals surface area contributed by atoms with Crippen LogP contribution in [0.3, 0.4) is 0 Å². The Balaban J connectivity index is 2.17. The zero-order valence-electron chi connectivity index (χ0n) is 11.9. The average Bonchev–Trinajstić information content (AvgIpc) is 2.82. The molecule has 3 aromatic rings. The van der Waals surface area contributed by atoms with Gasteiger partial charge in [-0.1, -0.05) is 42.5 Å². The van der Waals surface area contributed by atoms with E-state index < -0.39 is 0 Å². The van der Waals surface area contributed by atoms with Gasteiger partial charge in [-0.3, -0.25) is 0 Å². The third-order valence-corrected chi connectivity index (χ3v) is 3.67. The second-order valence-corrected chi connectivity index (χ2v) is 5.00. The first-order valence-corrected chi connectivity index (χ1v) is 6.94. The summed E-state index contributed by atoms with van der Waals surface area (Å²) in [5.41, 5.74) is 3.55. The lowest BCUT2D eigenvalue weighted by atomic mass is 10.1. The molecule has 0 spiro atoms. The maximum atomic E-state index is 4.68. The third-order valence-electron chi connectivity index (χ3n) is 3.67. The minimum Gasteiger partial charge on any atom is -0.319 e. The van der Waals surface area contributed by atoms with E-state index in [1.54, 1.807) is 0 Å². The molecule has 3 rings (SSSR count). The van der Waals surface area contributed by atoms with Crippen LogP contribution >= 0.6 is 0 Å². The molecule has 20 heavy (non-hydrogen) atoms. The molecule has 0 aliphatic heterocycles. The Morgan fingerprint density at radius 1 is 1.05 bits per heavy atom. The van der Waals surface area contributed by atoms with Crippen LogP contribution in [0.25, 0.3) is 11.0 Å². The molecule has 0 saturated carbocycles. The van der Waals surface area contributed by atoms with Gasteiger partial charge in [0, 0.05) is 6.54 Å². The molecule has 1 aromatic heterocycles. The second kappa shape index (κ2) is 5.47. The number of imidazole rings is 1. The molecule has 1 atom stereocenters. The van der Waals surface area contributed by atoms with Gasteiger partial charge in [0.1, 0.15) is 5.82 Å². The van der Waals surface area contributed by atoms with Crippen molar-refractivity contribution >= 4 is 11.0 Å². The normalized spacial score (nSPS) is 12.7. The van der Waals surface area contributed by atoms with Gasteiger partial charge in [0.05, 0.1) is 17.1 Å². The van der Waals surface area contributed by atoms with E-state index in [0.29, 0.717) is 0 Å². The van der Waals surface area contributed by atoms with Crippen molar-refractivity contribution in [2.24, 2.45) is 0 Å². The minimum atomic E-state index is 0.258. The summed E-state index contributed by atoms with van der Waals surface area (Å²) in [6, 6.07) is 19.2. The molecular formula is C17H19N3. The lowest BCUT2D eigenvalue weighted by molar-refractivity contribution is 0.550.